The summed E-state index contributed by atoms with van der Waals surface area (Å²) < 4.78 is 25.6. The molecule has 3 rings (SSSR count). The van der Waals surface area contributed by atoms with Crippen molar-refractivity contribution in [3.8, 4) is 0 Å². The quantitative estimate of drug-likeness (QED) is 0.882. The second kappa shape index (κ2) is 7.15. The number of nitrogens with zero attached hydrogens (tertiary/aromatic N) is 1. The average molecular weight is 365 g/mol. The molecule has 1 saturated heterocycles. The van der Waals surface area contributed by atoms with Gasteiger partial charge in [-0.05, 0) is 31.4 Å². The van der Waals surface area contributed by atoms with Crippen LogP contribution >= 0.6 is 0 Å². The van der Waals surface area contributed by atoms with Gasteiger partial charge in [0.25, 0.3) is 0 Å². The Morgan fingerprint density at radius 3 is 2.28 bits per heavy atom. The van der Waals surface area contributed by atoms with Gasteiger partial charge in [0.15, 0.2) is 9.84 Å². The molecule has 1 amide bonds. The second-order valence-electron chi connectivity index (χ2n) is 6.90. The van der Waals surface area contributed by atoms with Crippen LogP contribution in [0.1, 0.15) is 38.5 Å². The fourth-order valence-corrected chi connectivity index (χ4v) is 5.60. The topological polar surface area (TPSA) is 91.8 Å². The largest absolute Gasteiger partial charge is 0.480 e. The van der Waals surface area contributed by atoms with Gasteiger partial charge in [-0.1, -0.05) is 37.5 Å². The molecular weight excluding hydrogens is 342 g/mol. The van der Waals surface area contributed by atoms with Gasteiger partial charge in [0.1, 0.15) is 6.04 Å². The molecule has 0 radical (unpaired) electrons. The fourth-order valence-electron chi connectivity index (χ4n) is 3.89. The number of aliphatic carboxylic acids is 1. The van der Waals surface area contributed by atoms with Crippen molar-refractivity contribution in [3.63, 3.8) is 0 Å². The highest BCUT2D eigenvalue weighted by Crippen LogP contribution is 2.32. The van der Waals surface area contributed by atoms with Crippen LogP contribution in [0, 0.1) is 5.92 Å². The predicted octanol–water partition coefficient (Wildman–Crippen LogP) is 2.09. The lowest BCUT2D eigenvalue weighted by Gasteiger charge is -2.28. The first-order valence-corrected chi connectivity index (χ1v) is 10.3. The lowest BCUT2D eigenvalue weighted by Crippen LogP contribution is -2.44. The molecule has 25 heavy (non-hydrogen) atoms. The van der Waals surface area contributed by atoms with Gasteiger partial charge in [0, 0.05) is 12.5 Å². The van der Waals surface area contributed by atoms with Crippen LogP contribution in [0.3, 0.4) is 0 Å². The smallest absolute Gasteiger partial charge is 0.326 e. The highest BCUT2D eigenvalue weighted by Gasteiger charge is 2.46. The van der Waals surface area contributed by atoms with Gasteiger partial charge in [0.2, 0.25) is 5.91 Å². The zero-order valence-corrected chi connectivity index (χ0v) is 14.8. The van der Waals surface area contributed by atoms with E-state index in [4.69, 9.17) is 0 Å². The Morgan fingerprint density at radius 1 is 1.04 bits per heavy atom. The van der Waals surface area contributed by atoms with Crippen LogP contribution in [-0.2, 0) is 19.4 Å². The Bertz CT molecular complexity index is 740. The Labute approximate surface area is 147 Å². The summed E-state index contributed by atoms with van der Waals surface area (Å²) in [5.74, 6) is -1.50. The summed E-state index contributed by atoms with van der Waals surface area (Å²) in [6, 6.07) is 6.97. The Balaban J connectivity index is 1.83. The molecule has 1 heterocycles. The number of amides is 1. The number of likely N-dealkylation sites (tertiary alicyclic amines) is 1. The number of sulfone groups is 1. The molecule has 6 nitrogen and oxygen atoms in total. The molecule has 2 atom stereocenters. The maximum atomic E-state index is 12.8. The van der Waals surface area contributed by atoms with E-state index in [9.17, 15) is 23.1 Å². The summed E-state index contributed by atoms with van der Waals surface area (Å²) in [4.78, 5) is 25.9. The highest BCUT2D eigenvalue weighted by atomic mass is 32.2. The van der Waals surface area contributed by atoms with Gasteiger partial charge < -0.3 is 10.0 Å². The Hall–Kier alpha value is -1.89. The van der Waals surface area contributed by atoms with Gasteiger partial charge in [-0.2, -0.15) is 0 Å². The zero-order chi connectivity index (χ0) is 18.0. The molecule has 1 N–H and O–H groups in total. The van der Waals surface area contributed by atoms with E-state index in [1.165, 1.54) is 17.0 Å². The van der Waals surface area contributed by atoms with E-state index >= 15 is 0 Å². The van der Waals surface area contributed by atoms with Crippen LogP contribution in [0.4, 0.5) is 0 Å². The number of carbonyl (C=O) groups is 2. The SMILES string of the molecule is O=C(O)[C@@H]1C[C@@H](S(=O)(=O)c2ccccc2)CN1C(=O)C1CCCCC1. The first-order valence-electron chi connectivity index (χ1n) is 8.73. The maximum absolute atomic E-state index is 12.8. The van der Waals surface area contributed by atoms with Crippen molar-refractivity contribution in [3.05, 3.63) is 30.3 Å². The minimum atomic E-state index is -3.66. The Morgan fingerprint density at radius 2 is 1.68 bits per heavy atom. The number of carbonyl (C=O) groups excluding carboxylic acids is 1. The third-order valence-electron chi connectivity index (χ3n) is 5.30. The maximum Gasteiger partial charge on any atom is 0.326 e. The molecule has 1 aliphatic carbocycles. The van der Waals surface area contributed by atoms with E-state index in [0.29, 0.717) is 0 Å². The molecular formula is C18H23NO5S. The summed E-state index contributed by atoms with van der Waals surface area (Å²) in [6.07, 6.45) is 4.50. The van der Waals surface area contributed by atoms with Crippen LogP contribution in [0.5, 0.6) is 0 Å². The van der Waals surface area contributed by atoms with Crippen LogP contribution in [0.15, 0.2) is 35.2 Å². The third-order valence-corrected chi connectivity index (χ3v) is 7.44. The van der Waals surface area contributed by atoms with Gasteiger partial charge in [-0.15, -0.1) is 0 Å². The second-order valence-corrected chi connectivity index (χ2v) is 9.12. The third kappa shape index (κ3) is 3.56. The first kappa shape index (κ1) is 17.9. The zero-order valence-electron chi connectivity index (χ0n) is 14.0. The van der Waals surface area contributed by atoms with Gasteiger partial charge in [-0.25, -0.2) is 13.2 Å². The van der Waals surface area contributed by atoms with Crippen LogP contribution in [-0.4, -0.2) is 48.1 Å². The van der Waals surface area contributed by atoms with Crippen molar-refractivity contribution in [1.82, 2.24) is 4.90 Å². The molecule has 1 aliphatic heterocycles. The summed E-state index contributed by atoms with van der Waals surface area (Å²) in [7, 11) is -3.66. The number of carboxylic acids is 1. The molecule has 136 valence electrons. The minimum Gasteiger partial charge on any atom is -0.480 e. The van der Waals surface area contributed by atoms with E-state index in [1.807, 2.05) is 0 Å². The van der Waals surface area contributed by atoms with Crippen LogP contribution < -0.4 is 0 Å². The van der Waals surface area contributed by atoms with Crippen molar-refractivity contribution in [2.24, 2.45) is 5.92 Å². The lowest BCUT2D eigenvalue weighted by molar-refractivity contribution is -0.150. The van der Waals surface area contributed by atoms with E-state index in [-0.39, 0.29) is 29.7 Å². The molecule has 1 aromatic rings. The fraction of sp³-hybridized carbons (Fsp3) is 0.556. The number of benzene rings is 1. The van der Waals surface area contributed by atoms with Crippen molar-refractivity contribution >= 4 is 21.7 Å². The monoisotopic (exact) mass is 365 g/mol. The van der Waals surface area contributed by atoms with Crippen molar-refractivity contribution in [2.45, 2.75) is 54.7 Å². The van der Waals surface area contributed by atoms with E-state index in [2.05, 4.69) is 0 Å². The van der Waals surface area contributed by atoms with E-state index in [0.717, 1.165) is 32.1 Å². The molecule has 1 saturated carbocycles. The van der Waals surface area contributed by atoms with E-state index in [1.54, 1.807) is 18.2 Å². The molecule has 0 spiro atoms. The Kier molecular flexibility index (Phi) is 5.13. The van der Waals surface area contributed by atoms with Crippen LogP contribution in [0.2, 0.25) is 0 Å². The normalized spacial score (nSPS) is 25.0. The standard InChI is InChI=1S/C18H23NO5S/c20-17(13-7-3-1-4-8-13)19-12-15(11-16(19)18(21)22)25(23,24)14-9-5-2-6-10-14/h2,5-6,9-10,13,15-16H,1,3-4,7-8,11-12H2,(H,21,22)/t15-,16+/m1/s1. The average Bonchev–Trinajstić information content (AvgIpc) is 3.09. The van der Waals surface area contributed by atoms with Gasteiger partial charge in [0.05, 0.1) is 10.1 Å². The van der Waals surface area contributed by atoms with Crippen molar-refractivity contribution in [2.75, 3.05) is 6.54 Å². The predicted molar refractivity (Wildman–Crippen MR) is 91.7 cm³/mol. The van der Waals surface area contributed by atoms with Crippen molar-refractivity contribution < 1.29 is 23.1 Å². The van der Waals surface area contributed by atoms with Crippen molar-refractivity contribution in [1.29, 1.82) is 0 Å². The lowest BCUT2D eigenvalue weighted by atomic mass is 9.88. The molecule has 7 heteroatoms. The first-order chi connectivity index (χ1) is 11.9. The summed E-state index contributed by atoms with van der Waals surface area (Å²) >= 11 is 0. The molecule has 0 unspecified atom stereocenters. The van der Waals surface area contributed by atoms with Gasteiger partial charge in [-0.3, -0.25) is 4.79 Å². The molecule has 0 bridgehead atoms. The highest BCUT2D eigenvalue weighted by molar-refractivity contribution is 7.92. The summed E-state index contributed by atoms with van der Waals surface area (Å²) in [6.45, 7) is -0.0382. The molecule has 2 fully saturated rings. The minimum absolute atomic E-state index is 0.0382. The molecule has 2 aliphatic rings. The number of hydrogen-bond donors (Lipinski definition) is 1. The number of hydrogen-bond acceptors (Lipinski definition) is 4. The molecule has 1 aromatic carbocycles. The van der Waals surface area contributed by atoms with E-state index < -0.39 is 27.1 Å². The summed E-state index contributed by atoms with van der Waals surface area (Å²) in [5, 5.41) is 8.62. The van der Waals surface area contributed by atoms with Crippen LogP contribution in [0.25, 0.3) is 0 Å². The summed E-state index contributed by atoms with van der Waals surface area (Å²) in [5.41, 5.74) is 0. The van der Waals surface area contributed by atoms with Gasteiger partial charge >= 0.3 is 5.97 Å². The number of rotatable bonds is 4. The number of carboxylic acid groups (broad SMARTS) is 1. The molecule has 0 aromatic heterocycles.